The van der Waals surface area contributed by atoms with Crippen molar-refractivity contribution in [3.8, 4) is 0 Å². The highest BCUT2D eigenvalue weighted by atomic mass is 16.1. The van der Waals surface area contributed by atoms with Crippen molar-refractivity contribution in [2.45, 2.75) is 58.8 Å². The van der Waals surface area contributed by atoms with Crippen LogP contribution in [-0.2, 0) is 9.59 Å². The Morgan fingerprint density at radius 3 is 1.87 bits per heavy atom. The molecule has 2 heteroatoms. The quantitative estimate of drug-likeness (QED) is 0.666. The summed E-state index contributed by atoms with van der Waals surface area (Å²) in [7, 11) is 0. The smallest absolute Gasteiger partial charge is 0.133 e. The van der Waals surface area contributed by atoms with Crippen LogP contribution >= 0.6 is 0 Å². The second kappa shape index (κ2) is 6.04. The molecule has 0 aromatic rings. The van der Waals surface area contributed by atoms with E-state index >= 15 is 0 Å². The summed E-state index contributed by atoms with van der Waals surface area (Å²) < 4.78 is 0. The molecule has 0 radical (unpaired) electrons. The van der Waals surface area contributed by atoms with Gasteiger partial charge in [0.15, 0.2) is 0 Å². The molecule has 0 amide bonds. The maximum absolute atomic E-state index is 10.6. The second-order valence-electron chi connectivity index (χ2n) is 4.94. The fourth-order valence-electron chi connectivity index (χ4n) is 2.24. The molecule has 0 aromatic carbocycles. The molecule has 2 aliphatic rings. The number of hydrogen-bond donors (Lipinski definition) is 0. The van der Waals surface area contributed by atoms with Crippen molar-refractivity contribution < 1.29 is 9.59 Å². The molecule has 2 aliphatic carbocycles. The lowest BCUT2D eigenvalue weighted by molar-refractivity contribution is -0.118. The summed E-state index contributed by atoms with van der Waals surface area (Å²) in [6.07, 6.45) is 6.83. The number of ketones is 2. The summed E-state index contributed by atoms with van der Waals surface area (Å²) in [6, 6.07) is 0. The summed E-state index contributed by atoms with van der Waals surface area (Å²) in [4.78, 5) is 21.1. The molecule has 2 unspecified atom stereocenters. The van der Waals surface area contributed by atoms with Crippen LogP contribution in [0.2, 0.25) is 0 Å². The zero-order chi connectivity index (χ0) is 11.3. The van der Waals surface area contributed by atoms with E-state index in [2.05, 4.69) is 13.8 Å². The number of Topliss-reactive ketones (excluding diaryl/α,β-unsaturated/α-hetero) is 2. The van der Waals surface area contributed by atoms with E-state index in [0.29, 0.717) is 17.5 Å². The van der Waals surface area contributed by atoms with Crippen LogP contribution in [0.15, 0.2) is 0 Å². The maximum atomic E-state index is 10.6. The van der Waals surface area contributed by atoms with Gasteiger partial charge in [-0.05, 0) is 24.7 Å². The number of hydrogen-bond acceptors (Lipinski definition) is 2. The molecule has 2 rings (SSSR count). The number of carbonyl (C=O) groups excluding carboxylic acids is 2. The molecule has 2 fully saturated rings. The van der Waals surface area contributed by atoms with Gasteiger partial charge in [0.25, 0.3) is 0 Å². The fourth-order valence-corrected chi connectivity index (χ4v) is 2.24. The SMILES string of the molecule is CC1CCC(=O)C1.CCC1CCC(=O)C1. The Kier molecular flexibility index (Phi) is 5.00. The first-order chi connectivity index (χ1) is 7.11. The van der Waals surface area contributed by atoms with Crippen LogP contribution in [0, 0.1) is 11.8 Å². The van der Waals surface area contributed by atoms with Crippen molar-refractivity contribution in [3.05, 3.63) is 0 Å². The highest BCUT2D eigenvalue weighted by Gasteiger charge is 2.19. The van der Waals surface area contributed by atoms with E-state index in [-0.39, 0.29) is 0 Å². The highest BCUT2D eigenvalue weighted by molar-refractivity contribution is 5.80. The van der Waals surface area contributed by atoms with E-state index in [1.165, 1.54) is 6.42 Å². The number of carbonyl (C=O) groups is 2. The zero-order valence-corrected chi connectivity index (χ0v) is 9.92. The molecular formula is C13H22O2. The molecule has 2 atom stereocenters. The van der Waals surface area contributed by atoms with Gasteiger partial charge in [-0.25, -0.2) is 0 Å². The monoisotopic (exact) mass is 210 g/mol. The third-order valence-electron chi connectivity index (χ3n) is 3.42. The molecule has 15 heavy (non-hydrogen) atoms. The van der Waals surface area contributed by atoms with Crippen molar-refractivity contribution in [1.82, 2.24) is 0 Å². The van der Waals surface area contributed by atoms with E-state index < -0.39 is 0 Å². The predicted molar refractivity (Wildman–Crippen MR) is 60.7 cm³/mol. The standard InChI is InChI=1S/C7H12O.C6H10O/c1-2-6-3-4-7(8)5-6;1-5-2-3-6(7)4-5/h6H,2-5H2,1H3;5H,2-4H2,1H3. The lowest BCUT2D eigenvalue weighted by Gasteiger charge is -1.98. The van der Waals surface area contributed by atoms with Crippen molar-refractivity contribution in [1.29, 1.82) is 0 Å². The van der Waals surface area contributed by atoms with E-state index in [1.54, 1.807) is 0 Å². The molecule has 2 saturated carbocycles. The Morgan fingerprint density at radius 1 is 1.07 bits per heavy atom. The Labute approximate surface area is 92.4 Å². The molecule has 86 valence electrons. The molecule has 0 saturated heterocycles. The van der Waals surface area contributed by atoms with Crippen LogP contribution in [0.1, 0.15) is 58.8 Å². The van der Waals surface area contributed by atoms with Gasteiger partial charge in [0.1, 0.15) is 11.6 Å². The van der Waals surface area contributed by atoms with Crippen LogP contribution in [0.5, 0.6) is 0 Å². The molecule has 0 heterocycles. The maximum Gasteiger partial charge on any atom is 0.133 e. The molecule has 0 spiro atoms. The van der Waals surface area contributed by atoms with Gasteiger partial charge < -0.3 is 0 Å². The van der Waals surface area contributed by atoms with Crippen LogP contribution in [0.4, 0.5) is 0 Å². The van der Waals surface area contributed by atoms with Gasteiger partial charge in [0.2, 0.25) is 0 Å². The summed E-state index contributed by atoms with van der Waals surface area (Å²) in [5.74, 6) is 2.32. The van der Waals surface area contributed by atoms with Crippen LogP contribution < -0.4 is 0 Å². The lowest BCUT2D eigenvalue weighted by Crippen LogP contribution is -1.91. The third kappa shape index (κ3) is 4.59. The van der Waals surface area contributed by atoms with Crippen LogP contribution in [0.25, 0.3) is 0 Å². The van der Waals surface area contributed by atoms with Crippen LogP contribution in [-0.4, -0.2) is 11.6 Å². The average molecular weight is 210 g/mol. The van der Waals surface area contributed by atoms with Gasteiger partial charge in [-0.15, -0.1) is 0 Å². The first kappa shape index (κ1) is 12.4. The highest BCUT2D eigenvalue weighted by Crippen LogP contribution is 2.23. The third-order valence-corrected chi connectivity index (χ3v) is 3.42. The Morgan fingerprint density at radius 2 is 1.67 bits per heavy atom. The minimum absolute atomic E-state index is 0.451. The van der Waals surface area contributed by atoms with Crippen LogP contribution in [0.3, 0.4) is 0 Å². The van der Waals surface area contributed by atoms with Gasteiger partial charge in [-0.3, -0.25) is 9.59 Å². The Hall–Kier alpha value is -0.660. The molecule has 0 aliphatic heterocycles. The Bertz CT molecular complexity index is 233. The second-order valence-corrected chi connectivity index (χ2v) is 4.94. The van der Waals surface area contributed by atoms with Gasteiger partial charge in [-0.2, -0.15) is 0 Å². The van der Waals surface area contributed by atoms with Gasteiger partial charge in [-0.1, -0.05) is 20.3 Å². The summed E-state index contributed by atoms with van der Waals surface area (Å²) >= 11 is 0. The molecular weight excluding hydrogens is 188 g/mol. The first-order valence-electron chi connectivity index (χ1n) is 6.15. The van der Waals surface area contributed by atoms with E-state index in [0.717, 1.165) is 44.4 Å². The predicted octanol–water partition coefficient (Wildman–Crippen LogP) is 3.14. The molecule has 2 nitrogen and oxygen atoms in total. The van der Waals surface area contributed by atoms with Gasteiger partial charge in [0.05, 0.1) is 0 Å². The van der Waals surface area contributed by atoms with Gasteiger partial charge >= 0.3 is 0 Å². The lowest BCUT2D eigenvalue weighted by atomic mass is 10.1. The van der Waals surface area contributed by atoms with Crippen molar-refractivity contribution in [2.75, 3.05) is 0 Å². The molecule has 0 bridgehead atoms. The number of rotatable bonds is 1. The van der Waals surface area contributed by atoms with Crippen molar-refractivity contribution >= 4 is 11.6 Å². The van der Waals surface area contributed by atoms with E-state index in [9.17, 15) is 9.59 Å². The van der Waals surface area contributed by atoms with Gasteiger partial charge in [0, 0.05) is 25.7 Å². The normalized spacial score (nSPS) is 30.3. The summed E-state index contributed by atoms with van der Waals surface area (Å²) in [5.41, 5.74) is 0. The Balaban J connectivity index is 0.000000151. The average Bonchev–Trinajstić information content (AvgIpc) is 2.76. The largest absolute Gasteiger partial charge is 0.300 e. The summed E-state index contributed by atoms with van der Waals surface area (Å²) in [5, 5.41) is 0. The minimum Gasteiger partial charge on any atom is -0.300 e. The van der Waals surface area contributed by atoms with E-state index in [4.69, 9.17) is 0 Å². The molecule has 0 N–H and O–H groups in total. The van der Waals surface area contributed by atoms with Crippen molar-refractivity contribution in [3.63, 3.8) is 0 Å². The first-order valence-corrected chi connectivity index (χ1v) is 6.15. The van der Waals surface area contributed by atoms with Crippen molar-refractivity contribution in [2.24, 2.45) is 11.8 Å². The zero-order valence-electron chi connectivity index (χ0n) is 9.92. The fraction of sp³-hybridized carbons (Fsp3) is 0.846. The molecule has 0 aromatic heterocycles. The van der Waals surface area contributed by atoms with E-state index in [1.807, 2.05) is 0 Å². The topological polar surface area (TPSA) is 34.1 Å². The summed E-state index contributed by atoms with van der Waals surface area (Å²) in [6.45, 7) is 4.29. The minimum atomic E-state index is 0.451.